The third kappa shape index (κ3) is 3.30. The van der Waals surface area contributed by atoms with E-state index in [2.05, 4.69) is 4.90 Å². The molecule has 4 nitrogen and oxygen atoms in total. The minimum Gasteiger partial charge on any atom is -0.338 e. The van der Waals surface area contributed by atoms with E-state index < -0.39 is 0 Å². The van der Waals surface area contributed by atoms with Gasteiger partial charge in [-0.1, -0.05) is 6.92 Å². The van der Waals surface area contributed by atoms with Crippen molar-refractivity contribution in [2.24, 2.45) is 5.92 Å². The van der Waals surface area contributed by atoms with Crippen molar-refractivity contribution in [1.29, 1.82) is 0 Å². The van der Waals surface area contributed by atoms with E-state index in [0.29, 0.717) is 13.1 Å². The van der Waals surface area contributed by atoms with Gasteiger partial charge in [0.15, 0.2) is 0 Å². The zero-order valence-corrected chi connectivity index (χ0v) is 9.77. The molecule has 0 N–H and O–H groups in total. The molecule has 1 atom stereocenters. The number of amides is 1. The molecule has 0 aliphatic carbocycles. The van der Waals surface area contributed by atoms with Crippen LogP contribution in [-0.4, -0.2) is 54.2 Å². The molecule has 0 aromatic rings. The highest BCUT2D eigenvalue weighted by Crippen LogP contribution is 2.08. The minimum absolute atomic E-state index is 0.0170. The van der Waals surface area contributed by atoms with E-state index in [9.17, 15) is 9.59 Å². The molecule has 86 valence electrons. The molecule has 0 bridgehead atoms. The van der Waals surface area contributed by atoms with E-state index in [0.717, 1.165) is 19.4 Å². The Morgan fingerprint density at radius 1 is 1.33 bits per heavy atom. The van der Waals surface area contributed by atoms with Crippen LogP contribution in [0.1, 0.15) is 20.8 Å². The van der Waals surface area contributed by atoms with Gasteiger partial charge in [-0.25, -0.2) is 0 Å². The average Bonchev–Trinajstić information content (AvgIpc) is 2.17. The number of nitrogens with zero attached hydrogens (tertiary/aromatic N) is 2. The average molecular weight is 212 g/mol. The first-order chi connectivity index (χ1) is 7.04. The number of carbonyl (C=O) groups is 2. The first-order valence-corrected chi connectivity index (χ1v) is 5.51. The van der Waals surface area contributed by atoms with Crippen molar-refractivity contribution in [3.8, 4) is 0 Å². The predicted octanol–water partition coefficient (Wildman–Crippen LogP) is 0.374. The molecule has 1 unspecified atom stereocenters. The minimum atomic E-state index is 0.0170. The summed E-state index contributed by atoms with van der Waals surface area (Å²) < 4.78 is 0. The van der Waals surface area contributed by atoms with E-state index >= 15 is 0 Å². The van der Waals surface area contributed by atoms with Crippen molar-refractivity contribution in [1.82, 2.24) is 9.80 Å². The molecule has 1 fully saturated rings. The highest BCUT2D eigenvalue weighted by atomic mass is 16.2. The maximum Gasteiger partial charge on any atom is 0.237 e. The van der Waals surface area contributed by atoms with E-state index in [1.807, 2.05) is 25.7 Å². The summed E-state index contributed by atoms with van der Waals surface area (Å²) in [6.07, 6.45) is 0.944. The second-order valence-electron chi connectivity index (χ2n) is 4.53. The van der Waals surface area contributed by atoms with Gasteiger partial charge in [-0.15, -0.1) is 0 Å². The van der Waals surface area contributed by atoms with Gasteiger partial charge in [-0.3, -0.25) is 9.69 Å². The molecular weight excluding hydrogens is 192 g/mol. The predicted molar refractivity (Wildman–Crippen MR) is 58.5 cm³/mol. The van der Waals surface area contributed by atoms with Gasteiger partial charge in [0.2, 0.25) is 5.91 Å². The van der Waals surface area contributed by atoms with E-state index in [-0.39, 0.29) is 17.9 Å². The first kappa shape index (κ1) is 12.2. The summed E-state index contributed by atoms with van der Waals surface area (Å²) >= 11 is 0. The molecule has 0 aromatic carbocycles. The molecule has 15 heavy (non-hydrogen) atoms. The van der Waals surface area contributed by atoms with Crippen LogP contribution in [0, 0.1) is 5.92 Å². The fourth-order valence-corrected chi connectivity index (χ4v) is 1.89. The number of carbonyl (C=O) groups excluding carboxylic acids is 2. The smallest absolute Gasteiger partial charge is 0.237 e. The van der Waals surface area contributed by atoms with Gasteiger partial charge in [0.1, 0.15) is 6.29 Å². The standard InChI is InChI=1S/C11H20N2O2/c1-9(2)13-5-4-12(7-11(13)15)6-10(3)8-14/h8-10H,4-7H2,1-3H3. The molecular formula is C11H20N2O2. The zero-order valence-electron chi connectivity index (χ0n) is 9.77. The number of piperazine rings is 1. The first-order valence-electron chi connectivity index (χ1n) is 5.51. The summed E-state index contributed by atoms with van der Waals surface area (Å²) in [5.41, 5.74) is 0. The molecule has 0 aromatic heterocycles. The van der Waals surface area contributed by atoms with Crippen molar-refractivity contribution < 1.29 is 9.59 Å². The van der Waals surface area contributed by atoms with Gasteiger partial charge in [-0.2, -0.15) is 0 Å². The lowest BCUT2D eigenvalue weighted by Gasteiger charge is -2.37. The molecule has 1 aliphatic rings. The summed E-state index contributed by atoms with van der Waals surface area (Å²) in [5.74, 6) is 0.192. The van der Waals surface area contributed by atoms with Crippen LogP contribution in [0.4, 0.5) is 0 Å². The Bertz CT molecular complexity index is 241. The zero-order chi connectivity index (χ0) is 11.4. The highest BCUT2D eigenvalue weighted by Gasteiger charge is 2.25. The van der Waals surface area contributed by atoms with Gasteiger partial charge in [-0.05, 0) is 13.8 Å². The Morgan fingerprint density at radius 2 is 2.00 bits per heavy atom. The van der Waals surface area contributed by atoms with Crippen molar-refractivity contribution >= 4 is 12.2 Å². The molecule has 0 radical (unpaired) electrons. The lowest BCUT2D eigenvalue weighted by Crippen LogP contribution is -2.53. The fraction of sp³-hybridized carbons (Fsp3) is 0.818. The Hall–Kier alpha value is -0.900. The fourth-order valence-electron chi connectivity index (χ4n) is 1.89. The van der Waals surface area contributed by atoms with Crippen LogP contribution in [-0.2, 0) is 9.59 Å². The van der Waals surface area contributed by atoms with Gasteiger partial charge in [0.05, 0.1) is 6.54 Å². The SMILES string of the molecule is CC(C=O)CN1CCN(C(C)C)C(=O)C1. The van der Waals surface area contributed by atoms with Gasteiger partial charge >= 0.3 is 0 Å². The monoisotopic (exact) mass is 212 g/mol. The molecule has 1 amide bonds. The molecule has 4 heteroatoms. The highest BCUT2D eigenvalue weighted by molar-refractivity contribution is 5.79. The second-order valence-corrected chi connectivity index (χ2v) is 4.53. The van der Waals surface area contributed by atoms with Crippen LogP contribution in [0.25, 0.3) is 0 Å². The molecule has 1 aliphatic heterocycles. The van der Waals surface area contributed by atoms with Crippen LogP contribution in [0.3, 0.4) is 0 Å². The van der Waals surface area contributed by atoms with Crippen molar-refractivity contribution in [2.45, 2.75) is 26.8 Å². The van der Waals surface area contributed by atoms with Gasteiger partial charge in [0, 0.05) is 31.6 Å². The summed E-state index contributed by atoms with van der Waals surface area (Å²) in [7, 11) is 0. The van der Waals surface area contributed by atoms with Crippen LogP contribution in [0.2, 0.25) is 0 Å². The van der Waals surface area contributed by atoms with Crippen molar-refractivity contribution in [3.63, 3.8) is 0 Å². The summed E-state index contributed by atoms with van der Waals surface area (Å²) in [6.45, 7) is 8.75. The van der Waals surface area contributed by atoms with Crippen LogP contribution < -0.4 is 0 Å². The van der Waals surface area contributed by atoms with Crippen LogP contribution >= 0.6 is 0 Å². The summed E-state index contributed by atoms with van der Waals surface area (Å²) in [5, 5.41) is 0. The number of hydrogen-bond donors (Lipinski definition) is 0. The Labute approximate surface area is 91.2 Å². The normalized spacial score (nSPS) is 20.8. The summed E-state index contributed by atoms with van der Waals surface area (Å²) in [4.78, 5) is 26.2. The van der Waals surface area contributed by atoms with Gasteiger partial charge in [0.25, 0.3) is 0 Å². The third-order valence-corrected chi connectivity index (χ3v) is 2.74. The van der Waals surface area contributed by atoms with Crippen molar-refractivity contribution in [3.05, 3.63) is 0 Å². The number of hydrogen-bond acceptors (Lipinski definition) is 3. The molecule has 1 saturated heterocycles. The van der Waals surface area contributed by atoms with Crippen LogP contribution in [0.15, 0.2) is 0 Å². The summed E-state index contributed by atoms with van der Waals surface area (Å²) in [6, 6.07) is 0.281. The Kier molecular flexibility index (Phi) is 4.27. The van der Waals surface area contributed by atoms with E-state index in [4.69, 9.17) is 0 Å². The second kappa shape index (κ2) is 5.26. The quantitative estimate of drug-likeness (QED) is 0.632. The number of rotatable bonds is 4. The number of aldehydes is 1. The molecule has 1 rings (SSSR count). The molecule has 0 spiro atoms. The maximum atomic E-state index is 11.7. The van der Waals surface area contributed by atoms with Crippen LogP contribution in [0.5, 0.6) is 0 Å². The Balaban J connectivity index is 2.44. The lowest BCUT2D eigenvalue weighted by molar-refractivity contribution is -0.138. The molecule has 0 saturated carbocycles. The van der Waals surface area contributed by atoms with Gasteiger partial charge < -0.3 is 9.69 Å². The van der Waals surface area contributed by atoms with E-state index in [1.54, 1.807) is 0 Å². The Morgan fingerprint density at radius 3 is 2.47 bits per heavy atom. The van der Waals surface area contributed by atoms with E-state index in [1.165, 1.54) is 0 Å². The third-order valence-electron chi connectivity index (χ3n) is 2.74. The lowest BCUT2D eigenvalue weighted by atomic mass is 10.1. The van der Waals surface area contributed by atoms with Crippen molar-refractivity contribution in [2.75, 3.05) is 26.2 Å². The largest absolute Gasteiger partial charge is 0.338 e. The topological polar surface area (TPSA) is 40.6 Å². The maximum absolute atomic E-state index is 11.7. The molecule has 1 heterocycles.